The number of aromatic nitrogens is 1. The molecule has 19 heavy (non-hydrogen) atoms. The van der Waals surface area contributed by atoms with Crippen LogP contribution in [-0.2, 0) is 11.3 Å². The van der Waals surface area contributed by atoms with Crippen LogP contribution in [0.4, 0.5) is 5.69 Å². The van der Waals surface area contributed by atoms with E-state index in [9.17, 15) is 4.79 Å². The quantitative estimate of drug-likeness (QED) is 0.850. The third-order valence-electron chi connectivity index (χ3n) is 4.04. The van der Waals surface area contributed by atoms with Crippen LogP contribution in [0.1, 0.15) is 29.7 Å². The minimum absolute atomic E-state index is 0.0355. The maximum absolute atomic E-state index is 11.1. The van der Waals surface area contributed by atoms with Gasteiger partial charge in [-0.05, 0) is 50.9 Å². The average molecular weight is 262 g/mol. The Kier molecular flexibility index (Phi) is 4.04. The lowest BCUT2D eigenvalue weighted by Crippen LogP contribution is -2.38. The summed E-state index contributed by atoms with van der Waals surface area (Å²) in [6.07, 6.45) is 3.51. The van der Waals surface area contributed by atoms with E-state index in [-0.39, 0.29) is 11.8 Å². The van der Waals surface area contributed by atoms with Gasteiger partial charge in [0.1, 0.15) is 0 Å². The van der Waals surface area contributed by atoms with Crippen LogP contribution in [0, 0.1) is 19.8 Å². The number of carbonyl (C=O) groups excluding carboxylic acids is 1. The Labute approximate surface area is 114 Å². The van der Waals surface area contributed by atoms with Crippen LogP contribution >= 0.6 is 0 Å². The van der Waals surface area contributed by atoms with E-state index in [0.717, 1.165) is 55.0 Å². The monoisotopic (exact) mass is 262 g/mol. The first-order valence-corrected chi connectivity index (χ1v) is 6.71. The fraction of sp³-hybridized carbons (Fsp3) is 0.571. The highest BCUT2D eigenvalue weighted by atomic mass is 16.1. The maximum Gasteiger partial charge on any atom is 0.220 e. The number of carbonyl (C=O) groups is 1. The van der Waals surface area contributed by atoms with Crippen molar-refractivity contribution < 1.29 is 4.79 Å². The number of aryl methyl sites for hydroxylation is 1. The lowest BCUT2D eigenvalue weighted by atomic mass is 9.96. The van der Waals surface area contributed by atoms with Crippen molar-refractivity contribution in [2.24, 2.45) is 11.7 Å². The molecule has 0 radical (unpaired) electrons. The van der Waals surface area contributed by atoms with Gasteiger partial charge >= 0.3 is 0 Å². The Morgan fingerprint density at radius 2 is 2.05 bits per heavy atom. The van der Waals surface area contributed by atoms with Crippen molar-refractivity contribution in [1.29, 1.82) is 0 Å². The SMILES string of the molecule is Cc1cnc(CN2CCC(C(N)=O)CC2)c(C)c1N. The number of primary amides is 1. The second kappa shape index (κ2) is 5.57. The van der Waals surface area contributed by atoms with Gasteiger partial charge in [0, 0.05) is 24.3 Å². The summed E-state index contributed by atoms with van der Waals surface area (Å²) in [4.78, 5) is 17.9. The number of amides is 1. The maximum atomic E-state index is 11.1. The van der Waals surface area contributed by atoms with Crippen LogP contribution in [0.5, 0.6) is 0 Å². The summed E-state index contributed by atoms with van der Waals surface area (Å²) in [6.45, 7) is 6.56. The molecule has 4 N–H and O–H groups in total. The second-order valence-electron chi connectivity index (χ2n) is 5.38. The summed E-state index contributed by atoms with van der Waals surface area (Å²) in [5.41, 5.74) is 15.3. The van der Waals surface area contributed by atoms with Crippen LogP contribution in [0.2, 0.25) is 0 Å². The molecular weight excluding hydrogens is 240 g/mol. The number of nitrogens with zero attached hydrogens (tertiary/aromatic N) is 2. The van der Waals surface area contributed by atoms with Gasteiger partial charge in [-0.2, -0.15) is 0 Å². The van der Waals surface area contributed by atoms with Gasteiger partial charge in [0.15, 0.2) is 0 Å². The molecule has 0 atom stereocenters. The molecule has 0 saturated carbocycles. The minimum atomic E-state index is -0.173. The number of piperidine rings is 1. The standard InChI is InChI=1S/C14H22N4O/c1-9-7-17-12(10(2)13(9)15)8-18-5-3-11(4-6-18)14(16)19/h7,11H,3-6,8H2,1-2H3,(H2,15,17)(H2,16,19). The average Bonchev–Trinajstić information content (AvgIpc) is 2.40. The molecule has 1 aliphatic rings. The van der Waals surface area contributed by atoms with Crippen LogP contribution in [-0.4, -0.2) is 28.9 Å². The number of nitrogens with two attached hydrogens (primary N) is 2. The van der Waals surface area contributed by atoms with Gasteiger partial charge in [-0.25, -0.2) is 0 Å². The summed E-state index contributed by atoms with van der Waals surface area (Å²) in [6, 6.07) is 0. The summed E-state index contributed by atoms with van der Waals surface area (Å²) < 4.78 is 0. The lowest BCUT2D eigenvalue weighted by molar-refractivity contribution is -0.123. The highest BCUT2D eigenvalue weighted by molar-refractivity contribution is 5.76. The molecule has 0 spiro atoms. The zero-order chi connectivity index (χ0) is 14.0. The van der Waals surface area contributed by atoms with Gasteiger partial charge < -0.3 is 11.5 Å². The summed E-state index contributed by atoms with van der Waals surface area (Å²) in [5.74, 6) is -0.137. The Morgan fingerprint density at radius 3 is 2.63 bits per heavy atom. The zero-order valence-electron chi connectivity index (χ0n) is 11.6. The molecule has 1 saturated heterocycles. The van der Waals surface area contributed by atoms with E-state index in [2.05, 4.69) is 9.88 Å². The van der Waals surface area contributed by atoms with Gasteiger partial charge in [-0.1, -0.05) is 0 Å². The number of rotatable bonds is 3. The van der Waals surface area contributed by atoms with E-state index in [4.69, 9.17) is 11.5 Å². The van der Waals surface area contributed by atoms with Gasteiger partial charge in [0.05, 0.1) is 5.69 Å². The molecule has 104 valence electrons. The first-order chi connectivity index (χ1) is 8.99. The van der Waals surface area contributed by atoms with Crippen molar-refractivity contribution in [3.63, 3.8) is 0 Å². The Morgan fingerprint density at radius 1 is 1.42 bits per heavy atom. The van der Waals surface area contributed by atoms with E-state index >= 15 is 0 Å². The molecule has 1 aromatic heterocycles. The van der Waals surface area contributed by atoms with E-state index < -0.39 is 0 Å². The third kappa shape index (κ3) is 3.04. The van der Waals surface area contributed by atoms with Gasteiger partial charge in [0.25, 0.3) is 0 Å². The zero-order valence-corrected chi connectivity index (χ0v) is 11.6. The lowest BCUT2D eigenvalue weighted by Gasteiger charge is -2.30. The Hall–Kier alpha value is -1.62. The molecule has 5 heteroatoms. The predicted molar refractivity (Wildman–Crippen MR) is 75.3 cm³/mol. The largest absolute Gasteiger partial charge is 0.398 e. The smallest absolute Gasteiger partial charge is 0.220 e. The molecule has 0 aliphatic carbocycles. The molecule has 1 amide bonds. The van der Waals surface area contributed by atoms with Crippen LogP contribution < -0.4 is 11.5 Å². The second-order valence-corrected chi connectivity index (χ2v) is 5.38. The Balaban J connectivity index is 2.00. The first-order valence-electron chi connectivity index (χ1n) is 6.71. The highest BCUT2D eigenvalue weighted by Crippen LogP contribution is 2.22. The normalized spacial score (nSPS) is 17.6. The van der Waals surface area contributed by atoms with E-state index in [1.807, 2.05) is 20.0 Å². The van der Waals surface area contributed by atoms with Crippen LogP contribution in [0.3, 0.4) is 0 Å². The van der Waals surface area contributed by atoms with Crippen molar-refractivity contribution in [2.45, 2.75) is 33.2 Å². The summed E-state index contributed by atoms with van der Waals surface area (Å²) >= 11 is 0. The molecule has 1 aliphatic heterocycles. The number of likely N-dealkylation sites (tertiary alicyclic amines) is 1. The first kappa shape index (κ1) is 13.8. The third-order valence-corrected chi connectivity index (χ3v) is 4.04. The van der Waals surface area contributed by atoms with Crippen molar-refractivity contribution in [1.82, 2.24) is 9.88 Å². The molecule has 0 bridgehead atoms. The van der Waals surface area contributed by atoms with E-state index in [0.29, 0.717) is 0 Å². The number of anilines is 1. The van der Waals surface area contributed by atoms with E-state index in [1.54, 1.807) is 0 Å². The molecule has 1 fully saturated rings. The van der Waals surface area contributed by atoms with Crippen molar-refractivity contribution in [2.75, 3.05) is 18.8 Å². The van der Waals surface area contributed by atoms with Crippen molar-refractivity contribution >= 4 is 11.6 Å². The number of pyridine rings is 1. The molecule has 0 unspecified atom stereocenters. The number of hydrogen-bond donors (Lipinski definition) is 2. The van der Waals surface area contributed by atoms with Crippen LogP contribution in [0.25, 0.3) is 0 Å². The predicted octanol–water partition coefficient (Wildman–Crippen LogP) is 0.978. The summed E-state index contributed by atoms with van der Waals surface area (Å²) in [5, 5.41) is 0. The topological polar surface area (TPSA) is 85.2 Å². The number of nitrogen functional groups attached to an aromatic ring is 1. The van der Waals surface area contributed by atoms with Gasteiger partial charge in [0.2, 0.25) is 5.91 Å². The fourth-order valence-corrected chi connectivity index (χ4v) is 2.54. The van der Waals surface area contributed by atoms with Crippen molar-refractivity contribution in [3.8, 4) is 0 Å². The molecule has 0 aromatic carbocycles. The number of hydrogen-bond acceptors (Lipinski definition) is 4. The Bertz CT molecular complexity index is 479. The molecule has 2 heterocycles. The fourth-order valence-electron chi connectivity index (χ4n) is 2.54. The van der Waals surface area contributed by atoms with Crippen molar-refractivity contribution in [3.05, 3.63) is 23.0 Å². The van der Waals surface area contributed by atoms with Gasteiger partial charge in [-0.3, -0.25) is 14.7 Å². The molecule has 2 rings (SSSR count). The molecular formula is C14H22N4O. The highest BCUT2D eigenvalue weighted by Gasteiger charge is 2.23. The molecule has 1 aromatic rings. The van der Waals surface area contributed by atoms with Crippen LogP contribution in [0.15, 0.2) is 6.20 Å². The van der Waals surface area contributed by atoms with E-state index in [1.165, 1.54) is 0 Å². The summed E-state index contributed by atoms with van der Waals surface area (Å²) in [7, 11) is 0. The van der Waals surface area contributed by atoms with Gasteiger partial charge in [-0.15, -0.1) is 0 Å². The minimum Gasteiger partial charge on any atom is -0.398 e. The molecule has 5 nitrogen and oxygen atoms in total.